The maximum absolute atomic E-state index is 2.49. The van der Waals surface area contributed by atoms with Gasteiger partial charge in [-0.05, 0) is 46.8 Å². The molecule has 0 amide bonds. The number of hydrogen-bond acceptors (Lipinski definition) is 0. The van der Waals surface area contributed by atoms with E-state index in [-0.39, 0.29) is 0 Å². The van der Waals surface area contributed by atoms with Gasteiger partial charge < -0.3 is 0 Å². The fourth-order valence-corrected chi connectivity index (χ4v) is 5.91. The molecule has 0 saturated carbocycles. The zero-order chi connectivity index (χ0) is 11.7. The van der Waals surface area contributed by atoms with Crippen LogP contribution in [0.25, 0.3) is 0 Å². The molecule has 0 aliphatic heterocycles. The molecule has 0 aliphatic rings. The van der Waals surface area contributed by atoms with E-state index in [1.54, 1.807) is 5.30 Å². The molecule has 0 aliphatic carbocycles. The third-order valence-corrected chi connectivity index (χ3v) is 9.94. The molecule has 0 bridgehead atoms. The first kappa shape index (κ1) is 12.7. The molecule has 84 valence electrons. The van der Waals surface area contributed by atoms with Crippen LogP contribution in [0.4, 0.5) is 0 Å². The van der Waals surface area contributed by atoms with Gasteiger partial charge in [-0.3, -0.25) is 0 Å². The molecule has 0 aromatic heterocycles. The van der Waals surface area contributed by atoms with Crippen molar-refractivity contribution in [2.24, 2.45) is 0 Å². The van der Waals surface area contributed by atoms with Gasteiger partial charge in [0.25, 0.3) is 0 Å². The molecule has 1 unspecified atom stereocenters. The molecule has 15 heavy (non-hydrogen) atoms. The highest BCUT2D eigenvalue weighted by molar-refractivity contribution is 7.84. The van der Waals surface area contributed by atoms with Crippen LogP contribution in [0.2, 0.25) is 0 Å². The summed E-state index contributed by atoms with van der Waals surface area (Å²) < 4.78 is 0. The Morgan fingerprint density at radius 1 is 1.00 bits per heavy atom. The van der Waals surface area contributed by atoms with Crippen LogP contribution in [0, 0.1) is 0 Å². The van der Waals surface area contributed by atoms with Crippen molar-refractivity contribution in [3.8, 4) is 0 Å². The summed E-state index contributed by atoms with van der Waals surface area (Å²) in [4.78, 5) is 0. The van der Waals surface area contributed by atoms with Gasteiger partial charge in [0.05, 0.1) is 30.0 Å². The van der Waals surface area contributed by atoms with E-state index >= 15 is 0 Å². The Morgan fingerprint density at radius 3 is 1.80 bits per heavy atom. The standard InChI is InChI=1S/C14H24P/c1-12(2)15(6,14(3,4)5)13-10-8-7-9-11-13/h7-12H,1-6H3/q+1. The van der Waals surface area contributed by atoms with Crippen LogP contribution in [0.15, 0.2) is 30.3 Å². The highest BCUT2D eigenvalue weighted by atomic mass is 31.2. The third kappa shape index (κ3) is 2.26. The summed E-state index contributed by atoms with van der Waals surface area (Å²) in [6, 6.07) is 11.1. The van der Waals surface area contributed by atoms with Crippen molar-refractivity contribution < 1.29 is 0 Å². The Balaban J connectivity index is 3.26. The van der Waals surface area contributed by atoms with Crippen molar-refractivity contribution in [2.75, 3.05) is 6.66 Å². The maximum Gasteiger partial charge on any atom is 0.0944 e. The molecule has 1 rings (SSSR count). The summed E-state index contributed by atoms with van der Waals surface area (Å²) in [5.74, 6) is 0. The highest BCUT2D eigenvalue weighted by Crippen LogP contribution is 2.67. The van der Waals surface area contributed by atoms with Gasteiger partial charge in [-0.1, -0.05) is 18.2 Å². The van der Waals surface area contributed by atoms with Crippen LogP contribution in [0.3, 0.4) is 0 Å². The Labute approximate surface area is 95.4 Å². The lowest BCUT2D eigenvalue weighted by Crippen LogP contribution is -2.33. The second-order valence-corrected chi connectivity index (χ2v) is 10.7. The van der Waals surface area contributed by atoms with E-state index in [0.717, 1.165) is 5.66 Å². The van der Waals surface area contributed by atoms with Crippen LogP contribution in [0.1, 0.15) is 34.6 Å². The van der Waals surface area contributed by atoms with Crippen molar-refractivity contribution in [1.29, 1.82) is 0 Å². The monoisotopic (exact) mass is 223 g/mol. The highest BCUT2D eigenvalue weighted by Gasteiger charge is 2.49. The molecule has 1 heteroatoms. The average molecular weight is 223 g/mol. The third-order valence-electron chi connectivity index (χ3n) is 3.72. The normalized spacial score (nSPS) is 16.5. The van der Waals surface area contributed by atoms with E-state index < -0.39 is 7.26 Å². The van der Waals surface area contributed by atoms with Crippen molar-refractivity contribution in [3.63, 3.8) is 0 Å². The lowest BCUT2D eigenvalue weighted by molar-refractivity contribution is 0.763. The van der Waals surface area contributed by atoms with E-state index in [1.165, 1.54) is 0 Å². The smallest absolute Gasteiger partial charge is 0.0620 e. The van der Waals surface area contributed by atoms with Gasteiger partial charge in [0.2, 0.25) is 0 Å². The largest absolute Gasteiger partial charge is 0.0944 e. The molecular formula is C14H24P+. The quantitative estimate of drug-likeness (QED) is 0.660. The van der Waals surface area contributed by atoms with Crippen LogP contribution in [-0.4, -0.2) is 17.5 Å². The second kappa shape index (κ2) is 4.26. The first-order valence-electron chi connectivity index (χ1n) is 5.72. The van der Waals surface area contributed by atoms with Gasteiger partial charge in [-0.25, -0.2) is 0 Å². The fraction of sp³-hybridized carbons (Fsp3) is 0.571. The molecule has 0 heterocycles. The van der Waals surface area contributed by atoms with E-state index in [4.69, 9.17) is 0 Å². The van der Waals surface area contributed by atoms with Gasteiger partial charge >= 0.3 is 0 Å². The molecule has 1 aromatic rings. The van der Waals surface area contributed by atoms with Gasteiger partial charge in [0, 0.05) is 0 Å². The predicted octanol–water partition coefficient (Wildman–Crippen LogP) is 4.17. The summed E-state index contributed by atoms with van der Waals surface area (Å²) in [7, 11) is -1.08. The lowest BCUT2D eigenvalue weighted by atomic mass is 10.2. The number of rotatable bonds is 2. The lowest BCUT2D eigenvalue weighted by Gasteiger charge is -2.38. The fourth-order valence-electron chi connectivity index (χ4n) is 2.20. The molecule has 1 aromatic carbocycles. The molecule has 0 nitrogen and oxygen atoms in total. The molecular weight excluding hydrogens is 199 g/mol. The minimum Gasteiger partial charge on any atom is -0.0620 e. The maximum atomic E-state index is 2.49. The zero-order valence-electron chi connectivity index (χ0n) is 10.9. The Morgan fingerprint density at radius 2 is 1.47 bits per heavy atom. The van der Waals surface area contributed by atoms with Crippen LogP contribution >= 0.6 is 7.26 Å². The molecule has 0 saturated heterocycles. The zero-order valence-corrected chi connectivity index (χ0v) is 11.8. The summed E-state index contributed by atoms with van der Waals surface area (Å²) in [6.07, 6.45) is 0. The Bertz CT molecular complexity index is 308. The molecule has 0 N–H and O–H groups in total. The van der Waals surface area contributed by atoms with Crippen molar-refractivity contribution in [3.05, 3.63) is 30.3 Å². The van der Waals surface area contributed by atoms with E-state index in [0.29, 0.717) is 5.16 Å². The average Bonchev–Trinajstić information content (AvgIpc) is 2.16. The van der Waals surface area contributed by atoms with Crippen molar-refractivity contribution in [2.45, 2.75) is 45.4 Å². The van der Waals surface area contributed by atoms with E-state index in [2.05, 4.69) is 71.6 Å². The Hall–Kier alpha value is -0.350. The minimum absolute atomic E-state index is 0.391. The van der Waals surface area contributed by atoms with Gasteiger partial charge in [0.15, 0.2) is 0 Å². The summed E-state index contributed by atoms with van der Waals surface area (Å²) in [6.45, 7) is 14.4. The van der Waals surface area contributed by atoms with Crippen molar-refractivity contribution >= 4 is 12.6 Å². The minimum atomic E-state index is -1.08. The van der Waals surface area contributed by atoms with Crippen LogP contribution in [0.5, 0.6) is 0 Å². The summed E-state index contributed by atoms with van der Waals surface area (Å²) in [5.41, 5.74) is 0.750. The van der Waals surface area contributed by atoms with Crippen LogP contribution < -0.4 is 5.30 Å². The van der Waals surface area contributed by atoms with Gasteiger partial charge in [-0.15, -0.1) is 0 Å². The van der Waals surface area contributed by atoms with Gasteiger partial charge in [0.1, 0.15) is 0 Å². The van der Waals surface area contributed by atoms with E-state index in [1.807, 2.05) is 0 Å². The summed E-state index contributed by atoms with van der Waals surface area (Å²) in [5, 5.41) is 1.95. The van der Waals surface area contributed by atoms with E-state index in [9.17, 15) is 0 Å². The number of benzene rings is 1. The first-order valence-corrected chi connectivity index (χ1v) is 8.02. The molecule has 0 radical (unpaired) electrons. The molecule has 1 atom stereocenters. The topological polar surface area (TPSA) is 0 Å². The summed E-state index contributed by atoms with van der Waals surface area (Å²) >= 11 is 0. The SMILES string of the molecule is CC(C)[P+](C)(c1ccccc1)C(C)(C)C. The van der Waals surface area contributed by atoms with Crippen LogP contribution in [-0.2, 0) is 0 Å². The molecule has 0 spiro atoms. The molecule has 0 fully saturated rings. The first-order chi connectivity index (χ1) is 6.80. The predicted molar refractivity (Wildman–Crippen MR) is 73.8 cm³/mol. The second-order valence-electron chi connectivity index (χ2n) is 5.68. The Kier molecular flexibility index (Phi) is 3.61. The van der Waals surface area contributed by atoms with Gasteiger partial charge in [-0.2, -0.15) is 0 Å². The number of hydrogen-bond donors (Lipinski definition) is 0. The van der Waals surface area contributed by atoms with Crippen molar-refractivity contribution in [1.82, 2.24) is 0 Å².